The van der Waals surface area contributed by atoms with Crippen molar-refractivity contribution in [3.63, 3.8) is 0 Å². The van der Waals surface area contributed by atoms with Crippen molar-refractivity contribution in [3.8, 4) is 10.4 Å². The van der Waals surface area contributed by atoms with Crippen molar-refractivity contribution in [2.45, 2.75) is 39.3 Å². The number of nitrogens with one attached hydrogen (secondary N) is 1. The smallest absolute Gasteiger partial charge is 0.344 e. The molecule has 0 spiro atoms. The Morgan fingerprint density at radius 1 is 1.38 bits per heavy atom. The van der Waals surface area contributed by atoms with Gasteiger partial charge in [-0.25, -0.2) is 13.6 Å². The van der Waals surface area contributed by atoms with Gasteiger partial charge >= 0.3 is 6.03 Å². The summed E-state index contributed by atoms with van der Waals surface area (Å²) in [6.07, 6.45) is 2.45. The molecule has 2 rings (SSSR count). The number of aromatic nitrogens is 1. The van der Waals surface area contributed by atoms with Crippen molar-refractivity contribution in [1.29, 1.82) is 0 Å². The van der Waals surface area contributed by atoms with Gasteiger partial charge in [0.25, 0.3) is 0 Å². The fraction of sp³-hybridized carbons (Fsp3) is 0.444. The molecule has 1 aromatic carbocycles. The predicted molar refractivity (Wildman–Crippen MR) is 98.0 cm³/mol. The Hall–Kier alpha value is -2.06. The second-order valence-electron chi connectivity index (χ2n) is 6.47. The van der Waals surface area contributed by atoms with Crippen LogP contribution in [0, 0.1) is 11.6 Å². The zero-order valence-corrected chi connectivity index (χ0v) is 16.1. The second-order valence-corrected chi connectivity index (χ2v) is 7.48. The van der Waals surface area contributed by atoms with E-state index in [0.29, 0.717) is 22.8 Å². The lowest BCUT2D eigenvalue weighted by Gasteiger charge is -2.22. The molecular weight excluding hydrogens is 360 g/mol. The van der Waals surface area contributed by atoms with Gasteiger partial charge in [0.05, 0.1) is 11.5 Å². The maximum atomic E-state index is 14.1. The lowest BCUT2D eigenvalue weighted by Crippen LogP contribution is -2.42. The van der Waals surface area contributed by atoms with E-state index < -0.39 is 17.7 Å². The van der Waals surface area contributed by atoms with Gasteiger partial charge in [-0.15, -0.1) is 0 Å². The molecular formula is C18H23F2N3O2S. The van der Waals surface area contributed by atoms with Gasteiger partial charge in [0.2, 0.25) is 0 Å². The average Bonchev–Trinajstić information content (AvgIpc) is 2.94. The number of carbonyl (C=O) groups excluding carboxylic acids is 1. The number of hydrogen-bond donors (Lipinski definition) is 1. The van der Waals surface area contributed by atoms with E-state index in [1.165, 1.54) is 12.1 Å². The Balaban J connectivity index is 2.42. The highest BCUT2D eigenvalue weighted by Crippen LogP contribution is 2.25. The normalized spacial score (nSPS) is 12.5. The zero-order chi connectivity index (χ0) is 19.3. The SMILES string of the molecule is CCC(C)(C)NC(=O)N=c1sc(-c2ccc(F)cc2F)cn1CCOC. The molecule has 0 saturated heterocycles. The molecule has 0 bridgehead atoms. The minimum Gasteiger partial charge on any atom is -0.383 e. The Morgan fingerprint density at radius 3 is 2.73 bits per heavy atom. The van der Waals surface area contributed by atoms with Gasteiger partial charge in [-0.3, -0.25) is 0 Å². The van der Waals surface area contributed by atoms with Gasteiger partial charge in [-0.2, -0.15) is 4.99 Å². The molecule has 0 radical (unpaired) electrons. The molecule has 0 unspecified atom stereocenters. The monoisotopic (exact) mass is 383 g/mol. The van der Waals surface area contributed by atoms with Crippen LogP contribution in [0.5, 0.6) is 0 Å². The summed E-state index contributed by atoms with van der Waals surface area (Å²) in [6.45, 7) is 6.66. The number of amides is 2. The third-order valence-electron chi connectivity index (χ3n) is 3.98. The van der Waals surface area contributed by atoms with Crippen molar-refractivity contribution in [2.24, 2.45) is 4.99 Å². The number of benzene rings is 1. The Labute approximate surface area is 155 Å². The van der Waals surface area contributed by atoms with E-state index in [1.54, 1.807) is 17.9 Å². The van der Waals surface area contributed by atoms with Gasteiger partial charge < -0.3 is 14.6 Å². The molecule has 2 amide bonds. The zero-order valence-electron chi connectivity index (χ0n) is 15.3. The topological polar surface area (TPSA) is 55.6 Å². The summed E-state index contributed by atoms with van der Waals surface area (Å²) >= 11 is 1.16. The predicted octanol–water partition coefficient (Wildman–Crippen LogP) is 3.94. The molecule has 0 aliphatic heterocycles. The van der Waals surface area contributed by atoms with Crippen molar-refractivity contribution in [1.82, 2.24) is 9.88 Å². The van der Waals surface area contributed by atoms with E-state index >= 15 is 0 Å². The van der Waals surface area contributed by atoms with Crippen LogP contribution >= 0.6 is 11.3 Å². The van der Waals surface area contributed by atoms with Gasteiger partial charge in [-0.1, -0.05) is 18.3 Å². The summed E-state index contributed by atoms with van der Waals surface area (Å²) in [4.78, 5) is 17.3. The molecule has 5 nitrogen and oxygen atoms in total. The van der Waals surface area contributed by atoms with E-state index in [9.17, 15) is 13.6 Å². The van der Waals surface area contributed by atoms with Gasteiger partial charge in [0, 0.05) is 37.0 Å². The molecule has 0 aliphatic carbocycles. The quantitative estimate of drug-likeness (QED) is 0.821. The average molecular weight is 383 g/mol. The number of carbonyl (C=O) groups is 1. The van der Waals surface area contributed by atoms with Crippen molar-refractivity contribution in [3.05, 3.63) is 40.8 Å². The van der Waals surface area contributed by atoms with E-state index in [0.717, 1.165) is 23.8 Å². The number of hydrogen-bond acceptors (Lipinski definition) is 3. The number of halogens is 2. The molecule has 1 N–H and O–H groups in total. The summed E-state index contributed by atoms with van der Waals surface area (Å²) in [5, 5.41) is 2.84. The Morgan fingerprint density at radius 2 is 2.12 bits per heavy atom. The Bertz CT molecular complexity index is 843. The summed E-state index contributed by atoms with van der Waals surface area (Å²) in [7, 11) is 1.57. The molecule has 0 fully saturated rings. The van der Waals surface area contributed by atoms with Crippen LogP contribution in [0.25, 0.3) is 10.4 Å². The molecule has 0 saturated carbocycles. The van der Waals surface area contributed by atoms with Crippen LogP contribution in [-0.2, 0) is 11.3 Å². The van der Waals surface area contributed by atoms with Crippen molar-refractivity contribution < 1.29 is 18.3 Å². The van der Waals surface area contributed by atoms with Crippen LogP contribution in [0.4, 0.5) is 13.6 Å². The van der Waals surface area contributed by atoms with E-state index in [1.807, 2.05) is 20.8 Å². The van der Waals surface area contributed by atoms with Crippen LogP contribution in [0.2, 0.25) is 0 Å². The van der Waals surface area contributed by atoms with E-state index in [4.69, 9.17) is 4.74 Å². The lowest BCUT2D eigenvalue weighted by molar-refractivity contribution is 0.186. The molecule has 1 aromatic heterocycles. The number of ether oxygens (including phenoxy) is 1. The third-order valence-corrected chi connectivity index (χ3v) is 5.03. The summed E-state index contributed by atoms with van der Waals surface area (Å²) in [5.41, 5.74) is -0.112. The number of rotatable bonds is 6. The largest absolute Gasteiger partial charge is 0.383 e. The molecule has 0 atom stereocenters. The van der Waals surface area contributed by atoms with Gasteiger partial charge in [-0.05, 0) is 32.4 Å². The fourth-order valence-electron chi connectivity index (χ4n) is 2.12. The number of thiazole rings is 1. The molecule has 8 heteroatoms. The minimum absolute atomic E-state index is 0.262. The highest BCUT2D eigenvalue weighted by atomic mass is 32.1. The molecule has 2 aromatic rings. The van der Waals surface area contributed by atoms with E-state index in [-0.39, 0.29) is 11.1 Å². The molecule has 142 valence electrons. The maximum absolute atomic E-state index is 14.1. The molecule has 26 heavy (non-hydrogen) atoms. The first-order valence-corrected chi connectivity index (χ1v) is 9.09. The van der Waals surface area contributed by atoms with Gasteiger partial charge in [0.1, 0.15) is 11.6 Å². The Kier molecular flexibility index (Phi) is 6.66. The van der Waals surface area contributed by atoms with Gasteiger partial charge in [0.15, 0.2) is 4.80 Å². The standard InChI is InChI=1S/C18H23F2N3O2S/c1-5-18(2,3)22-16(24)21-17-23(8-9-25-4)11-15(26-17)13-7-6-12(19)10-14(13)20/h6-7,10-11H,5,8-9H2,1-4H3,(H,22,24). The molecule has 1 heterocycles. The fourth-order valence-corrected chi connectivity index (χ4v) is 3.17. The summed E-state index contributed by atoms with van der Waals surface area (Å²) in [6, 6.07) is 2.95. The maximum Gasteiger partial charge on any atom is 0.344 e. The number of nitrogens with zero attached hydrogens (tertiary/aromatic N) is 2. The van der Waals surface area contributed by atoms with Crippen LogP contribution in [0.3, 0.4) is 0 Å². The number of methoxy groups -OCH3 is 1. The summed E-state index contributed by atoms with van der Waals surface area (Å²) in [5.74, 6) is -1.30. The second kappa shape index (κ2) is 8.55. The summed E-state index contributed by atoms with van der Waals surface area (Å²) < 4.78 is 34.0. The minimum atomic E-state index is -0.659. The van der Waals surface area contributed by atoms with Crippen LogP contribution in [0.1, 0.15) is 27.2 Å². The first-order valence-electron chi connectivity index (χ1n) is 8.27. The first-order chi connectivity index (χ1) is 12.3. The van der Waals surface area contributed by atoms with Crippen LogP contribution in [0.15, 0.2) is 29.4 Å². The lowest BCUT2D eigenvalue weighted by atomic mass is 10.0. The third kappa shape index (κ3) is 5.22. The highest BCUT2D eigenvalue weighted by Gasteiger charge is 2.18. The number of urea groups is 1. The first kappa shape index (κ1) is 20.3. The van der Waals surface area contributed by atoms with E-state index in [2.05, 4.69) is 10.3 Å². The van der Waals surface area contributed by atoms with Crippen LogP contribution < -0.4 is 10.1 Å². The van der Waals surface area contributed by atoms with Crippen molar-refractivity contribution >= 4 is 17.4 Å². The van der Waals surface area contributed by atoms with Crippen LogP contribution in [-0.4, -0.2) is 29.9 Å². The van der Waals surface area contributed by atoms with Crippen molar-refractivity contribution in [2.75, 3.05) is 13.7 Å². The molecule has 0 aliphatic rings. The highest BCUT2D eigenvalue weighted by molar-refractivity contribution is 7.12.